The maximum Gasteiger partial charge on any atom is 0.410 e. The summed E-state index contributed by atoms with van der Waals surface area (Å²) in [7, 11) is 1.66. The number of methoxy groups -OCH3 is 1. The molecule has 0 aliphatic carbocycles. The van der Waals surface area contributed by atoms with Gasteiger partial charge in [0.15, 0.2) is 0 Å². The first-order chi connectivity index (χ1) is 10.3. The Balaban J connectivity index is 2.24. The molecule has 1 atom stereocenters. The average molecular weight is 306 g/mol. The fraction of sp³-hybridized carbons (Fsp3) is 0.588. The van der Waals surface area contributed by atoms with Gasteiger partial charge < -0.3 is 20.1 Å². The predicted molar refractivity (Wildman–Crippen MR) is 86.1 cm³/mol. The summed E-state index contributed by atoms with van der Waals surface area (Å²) < 4.78 is 10.8. The van der Waals surface area contributed by atoms with Gasteiger partial charge in [0, 0.05) is 19.0 Å². The van der Waals surface area contributed by atoms with Crippen LogP contribution in [0.5, 0.6) is 5.75 Å². The van der Waals surface area contributed by atoms with E-state index in [-0.39, 0.29) is 12.0 Å². The van der Waals surface area contributed by atoms with Crippen molar-refractivity contribution in [3.8, 4) is 5.75 Å². The average Bonchev–Trinajstić information content (AvgIpc) is 2.45. The van der Waals surface area contributed by atoms with E-state index in [9.17, 15) is 4.79 Å². The van der Waals surface area contributed by atoms with Gasteiger partial charge in [-0.1, -0.05) is 6.07 Å². The van der Waals surface area contributed by atoms with E-state index in [0.29, 0.717) is 19.6 Å². The van der Waals surface area contributed by atoms with Crippen molar-refractivity contribution in [2.24, 2.45) is 5.73 Å². The predicted octanol–water partition coefficient (Wildman–Crippen LogP) is 2.88. The molecule has 2 N–H and O–H groups in total. The van der Waals surface area contributed by atoms with Gasteiger partial charge in [-0.15, -0.1) is 0 Å². The van der Waals surface area contributed by atoms with Crippen molar-refractivity contribution in [2.75, 3.05) is 20.2 Å². The molecule has 1 aliphatic heterocycles. The molecule has 1 aliphatic rings. The third-order valence-electron chi connectivity index (χ3n) is 3.76. The van der Waals surface area contributed by atoms with Crippen molar-refractivity contribution in [3.05, 3.63) is 29.3 Å². The van der Waals surface area contributed by atoms with Crippen molar-refractivity contribution in [1.29, 1.82) is 0 Å². The lowest BCUT2D eigenvalue weighted by atomic mass is 9.87. The molecule has 0 saturated carbocycles. The summed E-state index contributed by atoms with van der Waals surface area (Å²) in [5, 5.41) is 0. The zero-order valence-corrected chi connectivity index (χ0v) is 13.9. The third kappa shape index (κ3) is 3.91. The Morgan fingerprint density at radius 1 is 1.41 bits per heavy atom. The Morgan fingerprint density at radius 2 is 2.14 bits per heavy atom. The van der Waals surface area contributed by atoms with E-state index in [1.165, 1.54) is 5.56 Å². The molecule has 5 heteroatoms. The number of nitrogens with zero attached hydrogens (tertiary/aromatic N) is 1. The lowest BCUT2D eigenvalue weighted by molar-refractivity contribution is 0.0203. The van der Waals surface area contributed by atoms with Crippen LogP contribution in [0.2, 0.25) is 0 Å². The number of nitrogens with two attached hydrogens (primary N) is 1. The van der Waals surface area contributed by atoms with Crippen LogP contribution < -0.4 is 10.5 Å². The molecule has 0 radical (unpaired) electrons. The van der Waals surface area contributed by atoms with Crippen LogP contribution in [0.15, 0.2) is 18.2 Å². The van der Waals surface area contributed by atoms with Gasteiger partial charge in [-0.05, 0) is 57.0 Å². The standard InChI is InChI=1S/C17H26N2O3/c1-17(2,3)22-16(20)19-10-12-5-6-14(21-4)9-15(12)13(11-19)7-8-18/h5-6,9,13H,7-8,10-11,18H2,1-4H3. The Hall–Kier alpha value is -1.75. The minimum absolute atomic E-state index is 0.219. The smallest absolute Gasteiger partial charge is 0.410 e. The maximum absolute atomic E-state index is 12.3. The molecule has 0 bridgehead atoms. The number of hydrogen-bond acceptors (Lipinski definition) is 4. The molecule has 0 spiro atoms. The number of carbonyl (C=O) groups excluding carboxylic acids is 1. The molecule has 1 heterocycles. The lowest BCUT2D eigenvalue weighted by Crippen LogP contribution is -2.41. The summed E-state index contributed by atoms with van der Waals surface area (Å²) in [6, 6.07) is 6.01. The number of hydrogen-bond donors (Lipinski definition) is 1. The first kappa shape index (κ1) is 16.6. The van der Waals surface area contributed by atoms with Crippen LogP contribution in [0, 0.1) is 0 Å². The highest BCUT2D eigenvalue weighted by molar-refractivity contribution is 5.69. The second kappa shape index (κ2) is 6.57. The van der Waals surface area contributed by atoms with Crippen molar-refractivity contribution >= 4 is 6.09 Å². The van der Waals surface area contributed by atoms with Crippen molar-refractivity contribution in [3.63, 3.8) is 0 Å². The highest BCUT2D eigenvalue weighted by atomic mass is 16.6. The van der Waals surface area contributed by atoms with E-state index >= 15 is 0 Å². The van der Waals surface area contributed by atoms with Gasteiger partial charge in [0.25, 0.3) is 0 Å². The first-order valence-electron chi connectivity index (χ1n) is 7.69. The number of carbonyl (C=O) groups is 1. The number of amides is 1. The molecule has 1 aromatic carbocycles. The van der Waals surface area contributed by atoms with Gasteiger partial charge in [0.1, 0.15) is 11.4 Å². The summed E-state index contributed by atoms with van der Waals surface area (Å²) in [6.07, 6.45) is 0.565. The van der Waals surface area contributed by atoms with Crippen LogP contribution >= 0.6 is 0 Å². The molecule has 22 heavy (non-hydrogen) atoms. The molecule has 0 saturated heterocycles. The normalized spacial score (nSPS) is 17.9. The summed E-state index contributed by atoms with van der Waals surface area (Å²) in [4.78, 5) is 14.1. The Labute approximate surface area is 132 Å². The van der Waals surface area contributed by atoms with Gasteiger partial charge >= 0.3 is 6.09 Å². The van der Waals surface area contributed by atoms with Crippen molar-refractivity contribution in [2.45, 2.75) is 45.3 Å². The van der Waals surface area contributed by atoms with E-state index in [1.807, 2.05) is 32.9 Å². The fourth-order valence-electron chi connectivity index (χ4n) is 2.77. The van der Waals surface area contributed by atoms with Crippen LogP contribution in [0.1, 0.15) is 44.2 Å². The number of benzene rings is 1. The number of rotatable bonds is 3. The van der Waals surface area contributed by atoms with Crippen molar-refractivity contribution < 1.29 is 14.3 Å². The van der Waals surface area contributed by atoms with Crippen molar-refractivity contribution in [1.82, 2.24) is 4.90 Å². The molecule has 0 aromatic heterocycles. The fourth-order valence-corrected chi connectivity index (χ4v) is 2.77. The SMILES string of the molecule is COc1ccc2c(c1)C(CCN)CN(C(=O)OC(C)(C)C)C2. The Bertz CT molecular complexity index is 537. The van der Waals surface area contributed by atoms with Gasteiger partial charge in [-0.2, -0.15) is 0 Å². The second-order valence-electron chi connectivity index (χ2n) is 6.70. The second-order valence-corrected chi connectivity index (χ2v) is 6.70. The minimum Gasteiger partial charge on any atom is -0.497 e. The molecule has 1 aromatic rings. The zero-order chi connectivity index (χ0) is 16.3. The molecular formula is C17H26N2O3. The Morgan fingerprint density at radius 3 is 2.73 bits per heavy atom. The van der Waals surface area contributed by atoms with Gasteiger partial charge in [-0.3, -0.25) is 0 Å². The van der Waals surface area contributed by atoms with Crippen LogP contribution in [0.25, 0.3) is 0 Å². The lowest BCUT2D eigenvalue weighted by Gasteiger charge is -2.35. The van der Waals surface area contributed by atoms with Crippen LogP contribution in [-0.2, 0) is 11.3 Å². The van der Waals surface area contributed by atoms with Gasteiger partial charge in [0.05, 0.1) is 7.11 Å². The topological polar surface area (TPSA) is 64.8 Å². The monoisotopic (exact) mass is 306 g/mol. The summed E-state index contributed by atoms with van der Waals surface area (Å²) in [5.74, 6) is 1.06. The van der Waals surface area contributed by atoms with E-state index in [1.54, 1.807) is 12.0 Å². The first-order valence-corrected chi connectivity index (χ1v) is 7.69. The number of fused-ring (bicyclic) bond motifs is 1. The van der Waals surface area contributed by atoms with Crippen LogP contribution in [-0.4, -0.2) is 36.8 Å². The zero-order valence-electron chi connectivity index (χ0n) is 13.9. The number of ether oxygens (including phenoxy) is 2. The molecule has 5 nitrogen and oxygen atoms in total. The summed E-state index contributed by atoms with van der Waals surface area (Å²) >= 11 is 0. The van der Waals surface area contributed by atoms with E-state index in [2.05, 4.69) is 6.07 Å². The molecule has 1 amide bonds. The van der Waals surface area contributed by atoms with Crippen LogP contribution in [0.4, 0.5) is 4.79 Å². The maximum atomic E-state index is 12.3. The molecule has 2 rings (SSSR count). The molecule has 122 valence electrons. The van der Waals surface area contributed by atoms with Gasteiger partial charge in [0.2, 0.25) is 0 Å². The van der Waals surface area contributed by atoms with E-state index in [4.69, 9.17) is 15.2 Å². The molecule has 1 unspecified atom stereocenters. The van der Waals surface area contributed by atoms with E-state index < -0.39 is 5.60 Å². The Kier molecular flexibility index (Phi) is 4.96. The summed E-state index contributed by atoms with van der Waals surface area (Å²) in [5.41, 5.74) is 7.62. The molecular weight excluding hydrogens is 280 g/mol. The van der Waals surface area contributed by atoms with Crippen LogP contribution in [0.3, 0.4) is 0 Å². The molecule has 0 fully saturated rings. The van der Waals surface area contributed by atoms with E-state index in [0.717, 1.165) is 17.7 Å². The summed E-state index contributed by atoms with van der Waals surface area (Å²) in [6.45, 7) is 7.42. The van der Waals surface area contributed by atoms with Gasteiger partial charge in [-0.25, -0.2) is 4.79 Å². The quantitative estimate of drug-likeness (QED) is 0.932. The highest BCUT2D eigenvalue weighted by Gasteiger charge is 2.30. The largest absolute Gasteiger partial charge is 0.497 e. The highest BCUT2D eigenvalue weighted by Crippen LogP contribution is 2.33. The minimum atomic E-state index is -0.485. The third-order valence-corrected chi connectivity index (χ3v) is 3.76.